The number of benzene rings is 2. The van der Waals surface area contributed by atoms with Crippen molar-refractivity contribution in [3.05, 3.63) is 77.9 Å². The van der Waals surface area contributed by atoms with Gasteiger partial charge in [-0.15, -0.1) is 0 Å². The van der Waals surface area contributed by atoms with Crippen LogP contribution >= 0.6 is 0 Å². The molecule has 5 unspecified atom stereocenters. The van der Waals surface area contributed by atoms with E-state index >= 15 is 0 Å². The molecule has 2 saturated heterocycles. The van der Waals surface area contributed by atoms with E-state index in [1.807, 2.05) is 80.6 Å². The quantitative estimate of drug-likeness (QED) is 0.597. The maximum Gasteiger partial charge on any atom is 0.246 e. The normalized spacial score (nSPS) is 32.1. The molecule has 192 valence electrons. The molecule has 7 heteroatoms. The summed E-state index contributed by atoms with van der Waals surface area (Å²) in [6.45, 7) is 4.14. The Morgan fingerprint density at radius 1 is 1.00 bits per heavy atom. The second-order valence-electron chi connectivity index (χ2n) is 11.0. The molecule has 4 aliphatic rings. The molecule has 5 atom stereocenters. The lowest BCUT2D eigenvalue weighted by molar-refractivity contribution is -0.134. The predicted molar refractivity (Wildman–Crippen MR) is 139 cm³/mol. The third-order valence-corrected chi connectivity index (χ3v) is 8.61. The van der Waals surface area contributed by atoms with E-state index in [4.69, 9.17) is 4.74 Å². The van der Waals surface area contributed by atoms with Crippen molar-refractivity contribution in [1.29, 1.82) is 0 Å². The third-order valence-electron chi connectivity index (χ3n) is 8.61. The Morgan fingerprint density at radius 3 is 2.43 bits per heavy atom. The number of nitrogens with one attached hydrogen (secondary N) is 2. The number of nitrogens with zero attached hydrogens (tertiary/aromatic N) is 1. The van der Waals surface area contributed by atoms with Gasteiger partial charge in [0.25, 0.3) is 0 Å². The van der Waals surface area contributed by atoms with Gasteiger partial charge in [-0.05, 0) is 43.9 Å². The van der Waals surface area contributed by atoms with E-state index in [0.717, 1.165) is 36.8 Å². The number of aryl methyl sites for hydroxylation is 1. The van der Waals surface area contributed by atoms with Crippen LogP contribution in [0.1, 0.15) is 43.7 Å². The van der Waals surface area contributed by atoms with Crippen molar-refractivity contribution in [3.8, 4) is 0 Å². The summed E-state index contributed by atoms with van der Waals surface area (Å²) in [5.74, 6) is -2.24. The lowest BCUT2D eigenvalue weighted by atomic mass is 9.70. The maximum absolute atomic E-state index is 14.3. The monoisotopic (exact) mass is 499 g/mol. The van der Waals surface area contributed by atoms with Crippen molar-refractivity contribution in [2.24, 2.45) is 11.8 Å². The van der Waals surface area contributed by atoms with Crippen molar-refractivity contribution < 1.29 is 19.1 Å². The zero-order valence-corrected chi connectivity index (χ0v) is 21.3. The average molecular weight is 500 g/mol. The van der Waals surface area contributed by atoms with Crippen LogP contribution < -0.4 is 15.5 Å². The molecule has 2 aromatic carbocycles. The molecule has 1 spiro atoms. The Hall–Kier alpha value is -3.45. The van der Waals surface area contributed by atoms with Gasteiger partial charge in [0, 0.05) is 18.3 Å². The Labute approximate surface area is 217 Å². The number of hydrogen-bond donors (Lipinski definition) is 2. The highest BCUT2D eigenvalue weighted by Crippen LogP contribution is 2.60. The summed E-state index contributed by atoms with van der Waals surface area (Å²) < 4.78 is 6.62. The van der Waals surface area contributed by atoms with Gasteiger partial charge in [-0.1, -0.05) is 73.5 Å². The first-order valence-electron chi connectivity index (χ1n) is 13.3. The fraction of sp³-hybridized carbons (Fsp3) is 0.433. The SMILES string of the molecule is Cc1ccccc1N1C(=O)C2C(C(=O)NCc3ccccc3)C3(C)C=CC2(O3)C1C(=O)NC1CCCC1. The molecule has 6 rings (SSSR count). The first-order chi connectivity index (χ1) is 17.8. The summed E-state index contributed by atoms with van der Waals surface area (Å²) >= 11 is 0. The summed E-state index contributed by atoms with van der Waals surface area (Å²) in [6.07, 6.45) is 7.79. The van der Waals surface area contributed by atoms with E-state index in [-0.39, 0.29) is 23.8 Å². The molecular formula is C30H33N3O4. The number of hydrogen-bond acceptors (Lipinski definition) is 4. The van der Waals surface area contributed by atoms with Crippen LogP contribution in [-0.2, 0) is 25.7 Å². The molecule has 3 aliphatic heterocycles. The van der Waals surface area contributed by atoms with Crippen LogP contribution in [0, 0.1) is 18.8 Å². The van der Waals surface area contributed by atoms with Gasteiger partial charge < -0.3 is 15.4 Å². The first-order valence-corrected chi connectivity index (χ1v) is 13.3. The van der Waals surface area contributed by atoms with Crippen LogP contribution in [0.15, 0.2) is 66.7 Å². The topological polar surface area (TPSA) is 87.7 Å². The number of ether oxygens (including phenoxy) is 1. The van der Waals surface area contributed by atoms with E-state index in [1.54, 1.807) is 4.90 Å². The van der Waals surface area contributed by atoms with E-state index < -0.39 is 29.1 Å². The van der Waals surface area contributed by atoms with Gasteiger partial charge in [-0.3, -0.25) is 19.3 Å². The van der Waals surface area contributed by atoms with Gasteiger partial charge in [-0.25, -0.2) is 0 Å². The standard InChI is InChI=1S/C30H33N3O4/c1-19-10-6-9-15-22(19)33-25(27(35)32-21-13-7-8-14-21)30-17-16-29(2,37-30)23(24(30)28(33)36)26(34)31-18-20-11-4-3-5-12-20/h3-6,9-12,15-17,21,23-25H,7-8,13-14,18H2,1-2H3,(H,31,34)(H,32,35). The van der Waals surface area contributed by atoms with E-state index in [0.29, 0.717) is 12.2 Å². The van der Waals surface area contributed by atoms with Crippen LogP contribution in [-0.4, -0.2) is 41.0 Å². The summed E-state index contributed by atoms with van der Waals surface area (Å²) in [4.78, 5) is 43.5. The van der Waals surface area contributed by atoms with Crippen molar-refractivity contribution in [1.82, 2.24) is 10.6 Å². The Morgan fingerprint density at radius 2 is 1.70 bits per heavy atom. The summed E-state index contributed by atoms with van der Waals surface area (Å²) in [7, 11) is 0. The van der Waals surface area contributed by atoms with E-state index in [9.17, 15) is 14.4 Å². The molecule has 2 bridgehead atoms. The number of para-hydroxylation sites is 1. The molecule has 2 N–H and O–H groups in total. The largest absolute Gasteiger partial charge is 0.356 e. The molecule has 0 radical (unpaired) electrons. The predicted octanol–water partition coefficient (Wildman–Crippen LogP) is 3.42. The van der Waals surface area contributed by atoms with Gasteiger partial charge in [0.1, 0.15) is 11.6 Å². The van der Waals surface area contributed by atoms with Gasteiger partial charge in [-0.2, -0.15) is 0 Å². The molecule has 0 aromatic heterocycles. The number of fused-ring (bicyclic) bond motifs is 1. The van der Waals surface area contributed by atoms with Gasteiger partial charge in [0.2, 0.25) is 17.7 Å². The summed E-state index contributed by atoms with van der Waals surface area (Å²) in [5, 5.41) is 6.23. The van der Waals surface area contributed by atoms with Crippen LogP contribution in [0.25, 0.3) is 0 Å². The minimum absolute atomic E-state index is 0.0971. The van der Waals surface area contributed by atoms with Crippen molar-refractivity contribution in [2.75, 3.05) is 4.90 Å². The van der Waals surface area contributed by atoms with Crippen LogP contribution in [0.3, 0.4) is 0 Å². The molecule has 3 heterocycles. The molecule has 37 heavy (non-hydrogen) atoms. The van der Waals surface area contributed by atoms with Crippen molar-refractivity contribution >= 4 is 23.4 Å². The fourth-order valence-corrected chi connectivity index (χ4v) is 6.87. The molecule has 7 nitrogen and oxygen atoms in total. The Kier molecular flexibility index (Phi) is 5.71. The van der Waals surface area contributed by atoms with Gasteiger partial charge >= 0.3 is 0 Å². The molecule has 1 saturated carbocycles. The molecule has 2 aromatic rings. The number of carbonyl (C=O) groups excluding carboxylic acids is 3. The van der Waals surface area contributed by atoms with Crippen molar-refractivity contribution in [3.63, 3.8) is 0 Å². The highest BCUT2D eigenvalue weighted by Gasteiger charge is 2.76. The smallest absolute Gasteiger partial charge is 0.246 e. The Bertz CT molecular complexity index is 1270. The van der Waals surface area contributed by atoms with Crippen molar-refractivity contribution in [2.45, 2.75) is 69.4 Å². The van der Waals surface area contributed by atoms with Crippen LogP contribution in [0.4, 0.5) is 5.69 Å². The van der Waals surface area contributed by atoms with E-state index in [1.165, 1.54) is 0 Å². The lowest BCUT2D eigenvalue weighted by Gasteiger charge is -2.34. The summed E-state index contributed by atoms with van der Waals surface area (Å²) in [5.41, 5.74) is 0.372. The highest BCUT2D eigenvalue weighted by atomic mass is 16.5. The second kappa shape index (κ2) is 8.84. The van der Waals surface area contributed by atoms with Gasteiger partial charge in [0.15, 0.2) is 0 Å². The Balaban J connectivity index is 1.37. The first kappa shape index (κ1) is 23.9. The summed E-state index contributed by atoms with van der Waals surface area (Å²) in [6, 6.07) is 16.5. The molecule has 3 amide bonds. The van der Waals surface area contributed by atoms with Crippen LogP contribution in [0.5, 0.6) is 0 Å². The van der Waals surface area contributed by atoms with E-state index in [2.05, 4.69) is 10.6 Å². The molecule has 3 fully saturated rings. The molecule has 1 aliphatic carbocycles. The number of amides is 3. The number of carbonyl (C=O) groups is 3. The minimum Gasteiger partial charge on any atom is -0.356 e. The average Bonchev–Trinajstić information content (AvgIpc) is 3.63. The van der Waals surface area contributed by atoms with Gasteiger partial charge in [0.05, 0.1) is 17.4 Å². The zero-order valence-electron chi connectivity index (χ0n) is 21.3. The minimum atomic E-state index is -1.20. The lowest BCUT2D eigenvalue weighted by Crippen LogP contribution is -2.56. The number of anilines is 1. The molecular weight excluding hydrogens is 466 g/mol. The number of rotatable bonds is 6. The van der Waals surface area contributed by atoms with Crippen LogP contribution in [0.2, 0.25) is 0 Å². The second-order valence-corrected chi connectivity index (χ2v) is 11.0. The zero-order chi connectivity index (χ0) is 25.8. The maximum atomic E-state index is 14.3. The fourth-order valence-electron chi connectivity index (χ4n) is 6.87. The highest BCUT2D eigenvalue weighted by molar-refractivity contribution is 6.10. The third kappa shape index (κ3) is 3.71.